The Morgan fingerprint density at radius 2 is 1.87 bits per heavy atom. The van der Waals surface area contributed by atoms with E-state index in [9.17, 15) is 0 Å². The third-order valence-corrected chi connectivity index (χ3v) is 3.17. The van der Waals surface area contributed by atoms with Crippen LogP contribution >= 0.6 is 15.9 Å². The Kier molecular flexibility index (Phi) is 5.96. The first kappa shape index (κ1) is 12.7. The molecule has 0 aliphatic carbocycles. The van der Waals surface area contributed by atoms with E-state index in [1.807, 2.05) is 0 Å². The van der Waals surface area contributed by atoms with Crippen LogP contribution in [0.5, 0.6) is 0 Å². The molecule has 0 aromatic heterocycles. The van der Waals surface area contributed by atoms with Crippen LogP contribution in [0.1, 0.15) is 38.7 Å². The molecule has 1 rings (SSSR count). The van der Waals surface area contributed by atoms with Gasteiger partial charge in [0.2, 0.25) is 0 Å². The lowest BCUT2D eigenvalue weighted by Gasteiger charge is -2.15. The highest BCUT2D eigenvalue weighted by Gasteiger charge is 2.03. The minimum absolute atomic E-state index is 0.665. The summed E-state index contributed by atoms with van der Waals surface area (Å²) in [4.78, 5) is 0. The van der Waals surface area contributed by atoms with Gasteiger partial charge >= 0.3 is 0 Å². The molecular formula is C13H20BrN. The highest BCUT2D eigenvalue weighted by Crippen LogP contribution is 2.11. The fraction of sp³-hybridized carbons (Fsp3) is 0.538. The molecule has 0 radical (unpaired) electrons. The van der Waals surface area contributed by atoms with Crippen LogP contribution in [0.4, 0.5) is 0 Å². The monoisotopic (exact) mass is 269 g/mol. The smallest absolute Gasteiger partial charge is 0.0208 e. The SMILES string of the molecule is CCCC(CC)NCc1ccc(Br)cc1. The first-order valence-corrected chi connectivity index (χ1v) is 6.53. The van der Waals surface area contributed by atoms with Crippen molar-refractivity contribution < 1.29 is 0 Å². The van der Waals surface area contributed by atoms with E-state index in [-0.39, 0.29) is 0 Å². The highest BCUT2D eigenvalue weighted by molar-refractivity contribution is 9.10. The fourth-order valence-corrected chi connectivity index (χ4v) is 1.93. The van der Waals surface area contributed by atoms with Gasteiger partial charge in [0, 0.05) is 17.1 Å². The van der Waals surface area contributed by atoms with Gasteiger partial charge in [-0.25, -0.2) is 0 Å². The molecule has 0 heterocycles. The second-order valence-corrected chi connectivity index (χ2v) is 4.82. The van der Waals surface area contributed by atoms with Crippen molar-refractivity contribution in [3.63, 3.8) is 0 Å². The van der Waals surface area contributed by atoms with Crippen molar-refractivity contribution in [2.24, 2.45) is 0 Å². The fourth-order valence-electron chi connectivity index (χ4n) is 1.66. The van der Waals surface area contributed by atoms with Crippen LogP contribution in [0.3, 0.4) is 0 Å². The molecule has 0 aliphatic rings. The summed E-state index contributed by atoms with van der Waals surface area (Å²) in [7, 11) is 0. The summed E-state index contributed by atoms with van der Waals surface area (Å²) < 4.78 is 1.15. The molecule has 2 heteroatoms. The Labute approximate surface area is 101 Å². The third-order valence-electron chi connectivity index (χ3n) is 2.64. The van der Waals surface area contributed by atoms with Crippen molar-refractivity contribution in [2.45, 2.75) is 45.7 Å². The molecule has 0 spiro atoms. The Morgan fingerprint density at radius 3 is 2.40 bits per heavy atom. The molecule has 1 aromatic carbocycles. The Bertz CT molecular complexity index is 268. The van der Waals surface area contributed by atoms with Crippen LogP contribution < -0.4 is 5.32 Å². The molecule has 0 fully saturated rings. The molecule has 1 atom stereocenters. The average molecular weight is 270 g/mol. The first-order chi connectivity index (χ1) is 7.26. The molecule has 1 N–H and O–H groups in total. The molecule has 15 heavy (non-hydrogen) atoms. The lowest BCUT2D eigenvalue weighted by atomic mass is 10.1. The van der Waals surface area contributed by atoms with E-state index < -0.39 is 0 Å². The number of rotatable bonds is 6. The van der Waals surface area contributed by atoms with Crippen molar-refractivity contribution in [1.29, 1.82) is 0 Å². The summed E-state index contributed by atoms with van der Waals surface area (Å²) in [5.41, 5.74) is 1.35. The molecule has 0 bridgehead atoms. The zero-order chi connectivity index (χ0) is 11.1. The van der Waals surface area contributed by atoms with E-state index in [0.29, 0.717) is 6.04 Å². The summed E-state index contributed by atoms with van der Waals surface area (Å²) in [6.45, 7) is 5.46. The normalized spacial score (nSPS) is 12.7. The summed E-state index contributed by atoms with van der Waals surface area (Å²) in [5.74, 6) is 0. The number of hydrogen-bond donors (Lipinski definition) is 1. The second-order valence-electron chi connectivity index (χ2n) is 3.90. The minimum Gasteiger partial charge on any atom is -0.310 e. The number of hydrogen-bond acceptors (Lipinski definition) is 1. The zero-order valence-corrected chi connectivity index (χ0v) is 11.2. The Balaban J connectivity index is 2.38. The maximum atomic E-state index is 3.59. The standard InChI is InChI=1S/C13H20BrN/c1-3-5-13(4-2)15-10-11-6-8-12(14)9-7-11/h6-9,13,15H,3-5,10H2,1-2H3. The van der Waals surface area contributed by atoms with E-state index in [4.69, 9.17) is 0 Å². The predicted octanol–water partition coefficient (Wildman–Crippen LogP) is 4.12. The van der Waals surface area contributed by atoms with E-state index in [1.54, 1.807) is 0 Å². The molecule has 0 saturated carbocycles. The van der Waals surface area contributed by atoms with Crippen LogP contribution in [0.25, 0.3) is 0 Å². The van der Waals surface area contributed by atoms with Gasteiger partial charge in [-0.3, -0.25) is 0 Å². The Morgan fingerprint density at radius 1 is 1.20 bits per heavy atom. The maximum absolute atomic E-state index is 3.59. The lowest BCUT2D eigenvalue weighted by molar-refractivity contribution is 0.462. The van der Waals surface area contributed by atoms with Crippen LogP contribution in [-0.2, 0) is 6.54 Å². The van der Waals surface area contributed by atoms with Gasteiger partial charge in [-0.05, 0) is 30.5 Å². The van der Waals surface area contributed by atoms with Gasteiger partial charge < -0.3 is 5.32 Å². The summed E-state index contributed by atoms with van der Waals surface area (Å²) >= 11 is 3.44. The topological polar surface area (TPSA) is 12.0 Å². The minimum atomic E-state index is 0.665. The molecule has 0 amide bonds. The van der Waals surface area contributed by atoms with Crippen molar-refractivity contribution in [3.8, 4) is 0 Å². The molecular weight excluding hydrogens is 250 g/mol. The van der Waals surface area contributed by atoms with E-state index in [1.165, 1.54) is 24.8 Å². The quantitative estimate of drug-likeness (QED) is 0.820. The largest absolute Gasteiger partial charge is 0.310 e. The molecule has 0 saturated heterocycles. The van der Waals surface area contributed by atoms with Gasteiger partial charge in [-0.2, -0.15) is 0 Å². The lowest BCUT2D eigenvalue weighted by Crippen LogP contribution is -2.27. The van der Waals surface area contributed by atoms with Gasteiger partial charge in [0.25, 0.3) is 0 Å². The zero-order valence-electron chi connectivity index (χ0n) is 9.59. The molecule has 1 nitrogen and oxygen atoms in total. The van der Waals surface area contributed by atoms with Gasteiger partial charge in [0.05, 0.1) is 0 Å². The predicted molar refractivity (Wildman–Crippen MR) is 70.0 cm³/mol. The van der Waals surface area contributed by atoms with E-state index in [0.717, 1.165) is 11.0 Å². The van der Waals surface area contributed by atoms with Crippen molar-refractivity contribution >= 4 is 15.9 Å². The molecule has 84 valence electrons. The first-order valence-electron chi connectivity index (χ1n) is 5.74. The average Bonchev–Trinajstić information content (AvgIpc) is 2.26. The van der Waals surface area contributed by atoms with Gasteiger partial charge in [-0.1, -0.05) is 48.3 Å². The molecule has 1 unspecified atom stereocenters. The van der Waals surface area contributed by atoms with Crippen LogP contribution in [0, 0.1) is 0 Å². The Hall–Kier alpha value is -0.340. The van der Waals surface area contributed by atoms with Gasteiger partial charge in [0.15, 0.2) is 0 Å². The van der Waals surface area contributed by atoms with E-state index in [2.05, 4.69) is 59.4 Å². The van der Waals surface area contributed by atoms with Crippen LogP contribution in [0.2, 0.25) is 0 Å². The maximum Gasteiger partial charge on any atom is 0.0208 e. The van der Waals surface area contributed by atoms with Crippen molar-refractivity contribution in [3.05, 3.63) is 34.3 Å². The second kappa shape index (κ2) is 7.02. The van der Waals surface area contributed by atoms with Crippen molar-refractivity contribution in [1.82, 2.24) is 5.32 Å². The highest BCUT2D eigenvalue weighted by atomic mass is 79.9. The third kappa shape index (κ3) is 4.80. The summed E-state index contributed by atoms with van der Waals surface area (Å²) in [6, 6.07) is 9.18. The number of halogens is 1. The van der Waals surface area contributed by atoms with Gasteiger partial charge in [-0.15, -0.1) is 0 Å². The summed E-state index contributed by atoms with van der Waals surface area (Å²) in [5, 5.41) is 3.59. The van der Waals surface area contributed by atoms with E-state index >= 15 is 0 Å². The summed E-state index contributed by atoms with van der Waals surface area (Å²) in [6.07, 6.45) is 3.74. The van der Waals surface area contributed by atoms with Gasteiger partial charge in [0.1, 0.15) is 0 Å². The van der Waals surface area contributed by atoms with Crippen molar-refractivity contribution in [2.75, 3.05) is 0 Å². The number of nitrogens with one attached hydrogen (secondary N) is 1. The van der Waals surface area contributed by atoms with Crippen LogP contribution in [0.15, 0.2) is 28.7 Å². The molecule has 1 aromatic rings. The number of benzene rings is 1. The molecule has 0 aliphatic heterocycles. The van der Waals surface area contributed by atoms with Crippen LogP contribution in [-0.4, -0.2) is 6.04 Å².